The monoisotopic (exact) mass is 686 g/mol. The van der Waals surface area contributed by atoms with Gasteiger partial charge in [0.05, 0.1) is 23.7 Å². The zero-order valence-electron chi connectivity index (χ0n) is 20.5. The summed E-state index contributed by atoms with van der Waals surface area (Å²) in [7, 11) is -4.69. The lowest BCUT2D eigenvalue weighted by Crippen LogP contribution is -2.62. The summed E-state index contributed by atoms with van der Waals surface area (Å²) in [6, 6.07) is 9.77. The van der Waals surface area contributed by atoms with Gasteiger partial charge in [0.25, 0.3) is 10.1 Å². The molecule has 1 N–H and O–H groups in total. The highest BCUT2D eigenvalue weighted by atomic mass is 127. The van der Waals surface area contributed by atoms with Gasteiger partial charge in [-0.15, -0.1) is 6.58 Å². The molecule has 0 bridgehead atoms. The fraction of sp³-hybridized carbons (Fsp3) is 0.400. The second-order valence-corrected chi connectivity index (χ2v) is 11.1. The molecule has 1 aliphatic heterocycles. The number of rotatable bonds is 11. The number of aliphatic hydroxyl groups excluding tert-OH is 1. The van der Waals surface area contributed by atoms with Gasteiger partial charge in [0.15, 0.2) is 6.10 Å². The van der Waals surface area contributed by atoms with Crippen LogP contribution in [0.4, 0.5) is 13.2 Å². The summed E-state index contributed by atoms with van der Waals surface area (Å²) in [6.45, 7) is 4.23. The van der Waals surface area contributed by atoms with Crippen molar-refractivity contribution in [1.29, 1.82) is 0 Å². The van der Waals surface area contributed by atoms with Crippen LogP contribution in [0, 0.1) is 3.57 Å². The van der Waals surface area contributed by atoms with Gasteiger partial charge in [-0.1, -0.05) is 19.1 Å². The molecule has 0 amide bonds. The van der Waals surface area contributed by atoms with Crippen molar-refractivity contribution in [3.05, 3.63) is 70.3 Å². The second-order valence-electron chi connectivity index (χ2n) is 8.26. The Hall–Kier alpha value is -2.24. The van der Waals surface area contributed by atoms with E-state index in [1.807, 2.05) is 0 Å². The van der Waals surface area contributed by atoms with E-state index in [0.717, 1.165) is 21.8 Å². The molecule has 1 fully saturated rings. The van der Waals surface area contributed by atoms with Crippen molar-refractivity contribution in [3.8, 4) is 5.75 Å². The molecule has 1 saturated heterocycles. The van der Waals surface area contributed by atoms with Gasteiger partial charge in [-0.05, 0) is 65.1 Å². The molecule has 214 valence electrons. The van der Waals surface area contributed by atoms with Gasteiger partial charge < -0.3 is 24.1 Å². The van der Waals surface area contributed by atoms with Crippen LogP contribution in [-0.4, -0.2) is 63.4 Å². The zero-order valence-corrected chi connectivity index (χ0v) is 23.5. The molecule has 5 atom stereocenters. The Morgan fingerprint density at radius 2 is 1.87 bits per heavy atom. The normalized spacial score (nSPS) is 23.7. The van der Waals surface area contributed by atoms with Crippen molar-refractivity contribution in [1.82, 2.24) is 0 Å². The van der Waals surface area contributed by atoms with Crippen molar-refractivity contribution in [2.45, 2.75) is 55.1 Å². The first-order valence-electron chi connectivity index (χ1n) is 11.6. The van der Waals surface area contributed by atoms with Crippen molar-refractivity contribution in [2.24, 2.45) is 0 Å². The van der Waals surface area contributed by atoms with Crippen molar-refractivity contribution in [2.75, 3.05) is 13.2 Å². The molecule has 3 rings (SSSR count). The fourth-order valence-electron chi connectivity index (χ4n) is 3.55. The predicted octanol–water partition coefficient (Wildman–Crippen LogP) is 4.07. The SMILES string of the molecule is C=CCO[C@H]1[C@H](O)[C@H](COS(=O)(=O)c2cccc(C(F)(F)F)c2)O[C@@H](Oc2ccc(I)cc2)[C@H]1OC(=O)CC. The van der Waals surface area contributed by atoms with Crippen molar-refractivity contribution < 1.29 is 54.6 Å². The van der Waals surface area contributed by atoms with E-state index < -0.39 is 70.0 Å². The molecular formula is C25H26F3IO9S. The van der Waals surface area contributed by atoms with Crippen LogP contribution in [0.1, 0.15) is 18.9 Å². The van der Waals surface area contributed by atoms with E-state index >= 15 is 0 Å². The van der Waals surface area contributed by atoms with Gasteiger partial charge in [-0.3, -0.25) is 8.98 Å². The molecule has 0 radical (unpaired) electrons. The van der Waals surface area contributed by atoms with E-state index in [1.165, 1.54) is 6.08 Å². The second kappa shape index (κ2) is 13.4. The highest BCUT2D eigenvalue weighted by Gasteiger charge is 2.50. The van der Waals surface area contributed by atoms with Gasteiger partial charge in [0.1, 0.15) is 24.1 Å². The number of aliphatic hydroxyl groups is 1. The largest absolute Gasteiger partial charge is 0.461 e. The first-order chi connectivity index (χ1) is 18.4. The minimum Gasteiger partial charge on any atom is -0.461 e. The zero-order chi connectivity index (χ0) is 28.8. The molecule has 0 saturated carbocycles. The molecule has 2 aromatic rings. The Balaban J connectivity index is 1.87. The van der Waals surface area contributed by atoms with Gasteiger partial charge in [0.2, 0.25) is 6.29 Å². The number of carbonyl (C=O) groups is 1. The Morgan fingerprint density at radius 3 is 2.49 bits per heavy atom. The third kappa shape index (κ3) is 8.38. The number of alkyl halides is 3. The van der Waals surface area contributed by atoms with Crippen LogP contribution in [-0.2, 0) is 39.5 Å². The highest BCUT2D eigenvalue weighted by Crippen LogP contribution is 2.32. The Bertz CT molecular complexity index is 1240. The smallest absolute Gasteiger partial charge is 0.416 e. The maximum absolute atomic E-state index is 13.1. The summed E-state index contributed by atoms with van der Waals surface area (Å²) in [6.07, 6.45) is -10.3. The lowest BCUT2D eigenvalue weighted by Gasteiger charge is -2.43. The molecule has 0 aliphatic carbocycles. The third-order valence-electron chi connectivity index (χ3n) is 5.48. The predicted molar refractivity (Wildman–Crippen MR) is 139 cm³/mol. The van der Waals surface area contributed by atoms with E-state index in [-0.39, 0.29) is 13.0 Å². The number of carbonyl (C=O) groups excluding carboxylic acids is 1. The average molecular weight is 686 g/mol. The van der Waals surface area contributed by atoms with Gasteiger partial charge >= 0.3 is 12.1 Å². The highest BCUT2D eigenvalue weighted by molar-refractivity contribution is 14.1. The Kier molecular flexibility index (Phi) is 10.8. The summed E-state index contributed by atoms with van der Waals surface area (Å²) in [4.78, 5) is 11.4. The minimum absolute atomic E-state index is 0.00119. The number of hydrogen-bond acceptors (Lipinski definition) is 9. The van der Waals surface area contributed by atoms with E-state index in [1.54, 1.807) is 31.2 Å². The van der Waals surface area contributed by atoms with E-state index in [0.29, 0.717) is 11.8 Å². The van der Waals surface area contributed by atoms with Gasteiger partial charge in [-0.2, -0.15) is 21.6 Å². The van der Waals surface area contributed by atoms with Gasteiger partial charge in [0, 0.05) is 9.99 Å². The Morgan fingerprint density at radius 1 is 1.18 bits per heavy atom. The lowest BCUT2D eigenvalue weighted by molar-refractivity contribution is -0.287. The Labute approximate surface area is 237 Å². The number of hydrogen-bond donors (Lipinski definition) is 1. The quantitative estimate of drug-likeness (QED) is 0.162. The van der Waals surface area contributed by atoms with Crippen LogP contribution in [0.2, 0.25) is 0 Å². The summed E-state index contributed by atoms with van der Waals surface area (Å²) < 4.78 is 93.2. The third-order valence-corrected chi connectivity index (χ3v) is 7.48. The number of ether oxygens (including phenoxy) is 4. The molecule has 14 heteroatoms. The first kappa shape index (κ1) is 31.3. The molecule has 0 spiro atoms. The lowest BCUT2D eigenvalue weighted by atomic mass is 9.98. The van der Waals surface area contributed by atoms with E-state index in [2.05, 4.69) is 29.2 Å². The minimum atomic E-state index is -4.77. The average Bonchev–Trinajstić information content (AvgIpc) is 2.89. The molecule has 39 heavy (non-hydrogen) atoms. The standard InChI is InChI=1S/C25H26F3IO9S/c1-3-12-34-22-21(31)19(14-35-39(32,33)18-7-5-6-15(13-18)25(26,27)28)37-24(23(22)38-20(30)4-2)36-17-10-8-16(29)9-11-17/h3,5-11,13,19,21-24,31H,1,4,12,14H2,2H3/t19-,21+,22-,23-,24+/m0/s1. The van der Waals surface area contributed by atoms with Gasteiger partial charge in [-0.25, -0.2) is 0 Å². The van der Waals surface area contributed by atoms with Crippen molar-refractivity contribution >= 4 is 38.7 Å². The van der Waals surface area contributed by atoms with Crippen LogP contribution >= 0.6 is 22.6 Å². The molecule has 1 aliphatic rings. The fourth-order valence-corrected chi connectivity index (χ4v) is 4.88. The van der Waals surface area contributed by atoms with Crippen LogP contribution < -0.4 is 4.74 Å². The molecule has 9 nitrogen and oxygen atoms in total. The maximum Gasteiger partial charge on any atom is 0.416 e. The summed E-state index contributed by atoms with van der Waals surface area (Å²) in [5.74, 6) is -0.325. The van der Waals surface area contributed by atoms with Crippen LogP contribution in [0.15, 0.2) is 66.1 Å². The van der Waals surface area contributed by atoms with Crippen molar-refractivity contribution in [3.63, 3.8) is 0 Å². The molecule has 2 aromatic carbocycles. The molecule has 1 heterocycles. The maximum atomic E-state index is 13.1. The van der Waals surface area contributed by atoms with Crippen LogP contribution in [0.25, 0.3) is 0 Å². The molecular weight excluding hydrogens is 660 g/mol. The number of benzene rings is 2. The molecule has 0 unspecified atom stereocenters. The number of esters is 1. The first-order valence-corrected chi connectivity index (χ1v) is 14.1. The summed E-state index contributed by atoms with van der Waals surface area (Å²) in [5, 5.41) is 11.0. The summed E-state index contributed by atoms with van der Waals surface area (Å²) in [5.41, 5.74) is -1.18. The topological polar surface area (TPSA) is 118 Å². The van der Waals surface area contributed by atoms with E-state index in [4.69, 9.17) is 23.1 Å². The van der Waals surface area contributed by atoms with Crippen LogP contribution in [0.3, 0.4) is 0 Å². The number of halogens is 4. The van der Waals surface area contributed by atoms with Crippen LogP contribution in [0.5, 0.6) is 5.75 Å². The summed E-state index contributed by atoms with van der Waals surface area (Å²) >= 11 is 2.09. The van der Waals surface area contributed by atoms with E-state index in [9.17, 15) is 31.5 Å². The molecule has 0 aromatic heterocycles.